The summed E-state index contributed by atoms with van der Waals surface area (Å²) in [5, 5.41) is 11.2. The van der Waals surface area contributed by atoms with Gasteiger partial charge >= 0.3 is 0 Å². The van der Waals surface area contributed by atoms with E-state index in [0.717, 1.165) is 24.3 Å². The number of carbonyl (C=O) groups is 1. The van der Waals surface area contributed by atoms with Crippen molar-refractivity contribution >= 4 is 36.4 Å². The molecule has 6 nitrogen and oxygen atoms in total. The first-order valence-corrected chi connectivity index (χ1v) is 7.56. The molecule has 126 valence electrons. The number of halogens is 2. The highest BCUT2D eigenvalue weighted by molar-refractivity contribution is 5.85. The number of hydrogen-bond acceptors (Lipinski definition) is 4. The van der Waals surface area contributed by atoms with Gasteiger partial charge in [-0.05, 0) is 43.2 Å². The number of pyridine rings is 1. The van der Waals surface area contributed by atoms with E-state index in [9.17, 15) is 4.79 Å². The zero-order chi connectivity index (χ0) is 14.4. The summed E-state index contributed by atoms with van der Waals surface area (Å²) in [5.74, 6) is 1.81. The Morgan fingerprint density at radius 1 is 1.26 bits per heavy atom. The van der Waals surface area contributed by atoms with Crippen LogP contribution in [0, 0.1) is 17.8 Å². The van der Waals surface area contributed by atoms with Gasteiger partial charge in [-0.15, -0.1) is 35.0 Å². The maximum atomic E-state index is 12.4. The van der Waals surface area contributed by atoms with Crippen molar-refractivity contribution < 1.29 is 4.79 Å². The van der Waals surface area contributed by atoms with Crippen LogP contribution in [-0.4, -0.2) is 26.5 Å². The van der Waals surface area contributed by atoms with Crippen molar-refractivity contribution in [2.75, 3.05) is 0 Å². The van der Waals surface area contributed by atoms with Crippen LogP contribution in [0.5, 0.6) is 0 Å². The highest BCUT2D eigenvalue weighted by Gasteiger charge is 2.48. The van der Waals surface area contributed by atoms with Crippen molar-refractivity contribution in [3.8, 4) is 0 Å². The summed E-state index contributed by atoms with van der Waals surface area (Å²) in [6.07, 6.45) is 5.35. The Labute approximate surface area is 147 Å². The maximum Gasteiger partial charge on any atom is 0.225 e. The summed E-state index contributed by atoms with van der Waals surface area (Å²) < 4.78 is 1.89. The molecule has 1 amide bonds. The SMILES string of the molecule is Cl.Cl.NC1C2CCC(C2)C1C(=O)NCc1nnc2ccccn12. The summed E-state index contributed by atoms with van der Waals surface area (Å²) in [4.78, 5) is 12.4. The molecule has 0 aromatic carbocycles. The van der Waals surface area contributed by atoms with E-state index in [2.05, 4.69) is 15.5 Å². The predicted octanol–water partition coefficient (Wildman–Crippen LogP) is 1.56. The molecule has 2 aromatic heterocycles. The summed E-state index contributed by atoms with van der Waals surface area (Å²) in [7, 11) is 0. The topological polar surface area (TPSA) is 85.3 Å². The van der Waals surface area contributed by atoms with E-state index >= 15 is 0 Å². The molecule has 2 bridgehead atoms. The molecule has 2 aliphatic carbocycles. The van der Waals surface area contributed by atoms with Crippen molar-refractivity contribution in [3.63, 3.8) is 0 Å². The Hall–Kier alpha value is -1.37. The van der Waals surface area contributed by atoms with E-state index in [1.807, 2.05) is 28.8 Å². The lowest BCUT2D eigenvalue weighted by Gasteiger charge is -2.26. The van der Waals surface area contributed by atoms with E-state index in [-0.39, 0.29) is 42.7 Å². The number of nitrogens with one attached hydrogen (secondary N) is 1. The molecule has 4 atom stereocenters. The molecule has 0 radical (unpaired) electrons. The molecule has 0 aliphatic heterocycles. The van der Waals surface area contributed by atoms with Gasteiger partial charge in [0.1, 0.15) is 0 Å². The van der Waals surface area contributed by atoms with Crippen molar-refractivity contribution in [1.29, 1.82) is 0 Å². The molecule has 0 saturated heterocycles. The molecule has 0 spiro atoms. The predicted molar refractivity (Wildman–Crippen MR) is 91.6 cm³/mol. The van der Waals surface area contributed by atoms with Gasteiger partial charge < -0.3 is 11.1 Å². The van der Waals surface area contributed by atoms with Gasteiger partial charge in [-0.25, -0.2) is 0 Å². The van der Waals surface area contributed by atoms with Crippen LogP contribution < -0.4 is 11.1 Å². The van der Waals surface area contributed by atoms with Crippen molar-refractivity contribution in [2.24, 2.45) is 23.5 Å². The van der Waals surface area contributed by atoms with Gasteiger partial charge in [0.15, 0.2) is 11.5 Å². The maximum absolute atomic E-state index is 12.4. The number of rotatable bonds is 3. The first-order chi connectivity index (χ1) is 10.2. The number of hydrogen-bond donors (Lipinski definition) is 2. The van der Waals surface area contributed by atoms with Gasteiger partial charge in [-0.3, -0.25) is 9.20 Å². The van der Waals surface area contributed by atoms with Gasteiger partial charge in [-0.1, -0.05) is 6.07 Å². The Bertz CT molecular complexity index is 689. The van der Waals surface area contributed by atoms with Crippen LogP contribution >= 0.6 is 24.8 Å². The first-order valence-electron chi connectivity index (χ1n) is 7.56. The second-order valence-electron chi connectivity index (χ2n) is 6.20. The molecule has 2 saturated carbocycles. The number of carbonyl (C=O) groups excluding carboxylic acids is 1. The van der Waals surface area contributed by atoms with Crippen LogP contribution in [0.2, 0.25) is 0 Å². The minimum atomic E-state index is -0.0251. The molecule has 3 N–H and O–H groups in total. The molecule has 8 heteroatoms. The highest BCUT2D eigenvalue weighted by Crippen LogP contribution is 2.47. The second kappa shape index (κ2) is 7.03. The van der Waals surface area contributed by atoms with Gasteiger partial charge in [0.25, 0.3) is 0 Å². The Kier molecular flexibility index (Phi) is 5.49. The molecule has 2 aliphatic rings. The van der Waals surface area contributed by atoms with E-state index < -0.39 is 0 Å². The fraction of sp³-hybridized carbons (Fsp3) is 0.533. The fourth-order valence-corrected chi connectivity index (χ4v) is 4.02. The Morgan fingerprint density at radius 3 is 2.78 bits per heavy atom. The molecule has 23 heavy (non-hydrogen) atoms. The molecule has 4 rings (SSSR count). The third-order valence-electron chi connectivity index (χ3n) is 5.09. The summed E-state index contributed by atoms with van der Waals surface area (Å²) in [5.41, 5.74) is 7.00. The average Bonchev–Trinajstić information content (AvgIpc) is 3.19. The van der Waals surface area contributed by atoms with E-state index in [0.29, 0.717) is 18.4 Å². The molecule has 2 heterocycles. The first kappa shape index (κ1) is 18.0. The summed E-state index contributed by atoms with van der Waals surface area (Å²) in [6, 6.07) is 5.76. The lowest BCUT2D eigenvalue weighted by atomic mass is 9.84. The summed E-state index contributed by atoms with van der Waals surface area (Å²) >= 11 is 0. The number of fused-ring (bicyclic) bond motifs is 3. The summed E-state index contributed by atoms with van der Waals surface area (Å²) in [6.45, 7) is 0.393. The fourth-order valence-electron chi connectivity index (χ4n) is 4.02. The lowest BCUT2D eigenvalue weighted by molar-refractivity contribution is -0.127. The number of nitrogens with zero attached hydrogens (tertiary/aromatic N) is 3. The second-order valence-corrected chi connectivity index (χ2v) is 6.20. The minimum absolute atomic E-state index is 0. The monoisotopic (exact) mass is 357 g/mol. The van der Waals surface area contributed by atoms with Crippen LogP contribution in [0.15, 0.2) is 24.4 Å². The van der Waals surface area contributed by atoms with Crippen molar-refractivity contribution in [1.82, 2.24) is 19.9 Å². The number of aromatic nitrogens is 3. The third-order valence-corrected chi connectivity index (χ3v) is 5.09. The Balaban J connectivity index is 0.000000960. The lowest BCUT2D eigenvalue weighted by Crippen LogP contribution is -2.45. The van der Waals surface area contributed by atoms with Gasteiger partial charge in [0.05, 0.1) is 12.5 Å². The Morgan fingerprint density at radius 2 is 2.04 bits per heavy atom. The number of nitrogens with two attached hydrogens (primary N) is 1. The normalized spacial score (nSPS) is 28.2. The molecule has 4 unspecified atom stereocenters. The average molecular weight is 358 g/mol. The molecule has 2 fully saturated rings. The van der Waals surface area contributed by atoms with Crippen LogP contribution in [-0.2, 0) is 11.3 Å². The van der Waals surface area contributed by atoms with Crippen molar-refractivity contribution in [2.45, 2.75) is 31.8 Å². The molecular weight excluding hydrogens is 337 g/mol. The molecular formula is C15H21Cl2N5O. The standard InChI is InChI=1S/C15H19N5O.2ClH/c16-14-10-5-4-9(7-10)13(14)15(21)17-8-12-19-18-11-3-1-2-6-20(11)12;;/h1-3,6,9-10,13-14H,4-5,7-8,16H2,(H,17,21);2*1H. The van der Waals surface area contributed by atoms with E-state index in [1.165, 1.54) is 6.42 Å². The largest absolute Gasteiger partial charge is 0.348 e. The quantitative estimate of drug-likeness (QED) is 0.872. The van der Waals surface area contributed by atoms with Crippen molar-refractivity contribution in [3.05, 3.63) is 30.2 Å². The van der Waals surface area contributed by atoms with Gasteiger partial charge in [-0.2, -0.15) is 0 Å². The van der Waals surface area contributed by atoms with E-state index in [1.54, 1.807) is 0 Å². The number of amides is 1. The van der Waals surface area contributed by atoms with Crippen LogP contribution in [0.25, 0.3) is 5.65 Å². The van der Waals surface area contributed by atoms with Crippen LogP contribution in [0.1, 0.15) is 25.1 Å². The third kappa shape index (κ3) is 3.03. The zero-order valence-corrected chi connectivity index (χ0v) is 14.2. The van der Waals surface area contributed by atoms with Crippen LogP contribution in [0.4, 0.5) is 0 Å². The van der Waals surface area contributed by atoms with E-state index in [4.69, 9.17) is 5.73 Å². The molecule has 2 aromatic rings. The highest BCUT2D eigenvalue weighted by atomic mass is 35.5. The van der Waals surface area contributed by atoms with Crippen LogP contribution in [0.3, 0.4) is 0 Å². The van der Waals surface area contributed by atoms with Gasteiger partial charge in [0, 0.05) is 12.2 Å². The zero-order valence-electron chi connectivity index (χ0n) is 12.6. The minimum Gasteiger partial charge on any atom is -0.348 e. The smallest absolute Gasteiger partial charge is 0.225 e. The van der Waals surface area contributed by atoms with Gasteiger partial charge in [0.2, 0.25) is 5.91 Å².